The van der Waals surface area contributed by atoms with Gasteiger partial charge in [-0.2, -0.15) is 11.8 Å². The van der Waals surface area contributed by atoms with Crippen LogP contribution < -0.4 is 0 Å². The predicted octanol–water partition coefficient (Wildman–Crippen LogP) is 8.74. The third kappa shape index (κ3) is 16.4. The minimum Gasteiger partial charge on any atom is -0.460 e. The lowest BCUT2D eigenvalue weighted by molar-refractivity contribution is 0.0536. The Kier molecular flexibility index (Phi) is 19.7. The minimum atomic E-state index is -4.35. The molecule has 35 heavy (non-hydrogen) atoms. The van der Waals surface area contributed by atoms with Crippen molar-refractivity contribution in [2.24, 2.45) is 5.92 Å². The summed E-state index contributed by atoms with van der Waals surface area (Å²) >= 11 is 2.05. The maximum absolute atomic E-state index is 11.7. The standard InChI is InChI=1S/C27H53O6PS/c1-4-5-6-7-14-20-26(24(2)32-21-16-22-33-34(29,30)27(28)31-3)35-23-15-9-8-11-17-25-18-12-10-13-19-25/h24-26H,4-23H2,1-3H3,(H,29,30)/t24-,26+/m0/s1. The van der Waals surface area contributed by atoms with Crippen molar-refractivity contribution in [1.29, 1.82) is 0 Å². The van der Waals surface area contributed by atoms with E-state index in [1.807, 2.05) is 0 Å². The van der Waals surface area contributed by atoms with Crippen LogP contribution in [-0.4, -0.2) is 48.0 Å². The number of hydrogen-bond donors (Lipinski definition) is 1. The van der Waals surface area contributed by atoms with Crippen LogP contribution in [0, 0.1) is 5.92 Å². The second-order valence-corrected chi connectivity index (χ2v) is 13.1. The smallest absolute Gasteiger partial charge is 0.435 e. The van der Waals surface area contributed by atoms with Crippen LogP contribution in [-0.2, 0) is 18.6 Å². The first-order valence-corrected chi connectivity index (χ1v) is 16.8. The third-order valence-corrected chi connectivity index (χ3v) is 9.77. The number of methoxy groups -OCH3 is 1. The monoisotopic (exact) mass is 536 g/mol. The zero-order valence-electron chi connectivity index (χ0n) is 22.7. The fourth-order valence-corrected chi connectivity index (χ4v) is 6.86. The van der Waals surface area contributed by atoms with Gasteiger partial charge in [-0.05, 0) is 37.9 Å². The van der Waals surface area contributed by atoms with Crippen LogP contribution in [0.2, 0.25) is 0 Å². The van der Waals surface area contributed by atoms with E-state index in [1.54, 1.807) is 0 Å². The minimum absolute atomic E-state index is 0.00865. The summed E-state index contributed by atoms with van der Waals surface area (Å²) in [6, 6.07) is 0. The highest BCUT2D eigenvalue weighted by Crippen LogP contribution is 2.43. The number of unbranched alkanes of at least 4 members (excludes halogenated alkanes) is 7. The van der Waals surface area contributed by atoms with Gasteiger partial charge in [0.15, 0.2) is 0 Å². The summed E-state index contributed by atoms with van der Waals surface area (Å²) in [5, 5.41) is 0.471. The Balaban J connectivity index is 2.25. The molecule has 1 saturated carbocycles. The van der Waals surface area contributed by atoms with Crippen LogP contribution in [0.3, 0.4) is 0 Å². The number of hydrogen-bond acceptors (Lipinski definition) is 6. The van der Waals surface area contributed by atoms with E-state index in [9.17, 15) is 14.3 Å². The average molecular weight is 537 g/mol. The van der Waals surface area contributed by atoms with E-state index >= 15 is 0 Å². The van der Waals surface area contributed by atoms with Gasteiger partial charge in [-0.25, -0.2) is 9.36 Å². The lowest BCUT2D eigenvalue weighted by atomic mass is 9.85. The molecule has 1 fully saturated rings. The van der Waals surface area contributed by atoms with Crippen molar-refractivity contribution < 1.29 is 28.3 Å². The van der Waals surface area contributed by atoms with E-state index in [4.69, 9.17) is 9.26 Å². The number of ether oxygens (including phenoxy) is 2. The Hall–Kier alpha value is -0.0700. The lowest BCUT2D eigenvalue weighted by Crippen LogP contribution is -2.25. The van der Waals surface area contributed by atoms with Crippen LogP contribution in [0.4, 0.5) is 4.79 Å². The van der Waals surface area contributed by atoms with Crippen LogP contribution >= 0.6 is 19.4 Å². The second-order valence-electron chi connectivity index (χ2n) is 10.1. The van der Waals surface area contributed by atoms with E-state index in [0.717, 1.165) is 13.0 Å². The summed E-state index contributed by atoms with van der Waals surface area (Å²) in [6.07, 6.45) is 22.2. The van der Waals surface area contributed by atoms with E-state index in [0.29, 0.717) is 18.3 Å². The van der Waals surface area contributed by atoms with Gasteiger partial charge in [0.2, 0.25) is 0 Å². The molecule has 8 heteroatoms. The van der Waals surface area contributed by atoms with Crippen LogP contribution in [0.15, 0.2) is 0 Å². The molecule has 1 unspecified atom stereocenters. The molecular weight excluding hydrogens is 483 g/mol. The van der Waals surface area contributed by atoms with Crippen molar-refractivity contribution in [3.05, 3.63) is 0 Å². The first-order chi connectivity index (χ1) is 16.9. The van der Waals surface area contributed by atoms with Crippen LogP contribution in [0.5, 0.6) is 0 Å². The Labute approximate surface area is 219 Å². The van der Waals surface area contributed by atoms with E-state index in [-0.39, 0.29) is 12.7 Å². The third-order valence-electron chi connectivity index (χ3n) is 7.02. The maximum Gasteiger partial charge on any atom is 0.435 e. The topological polar surface area (TPSA) is 82.1 Å². The van der Waals surface area contributed by atoms with Gasteiger partial charge in [-0.15, -0.1) is 0 Å². The Morgan fingerprint density at radius 2 is 1.66 bits per heavy atom. The zero-order valence-corrected chi connectivity index (χ0v) is 24.4. The molecular formula is C27H53O6PS. The summed E-state index contributed by atoms with van der Waals surface area (Å²) in [5.74, 6) is 2.19. The van der Waals surface area contributed by atoms with Crippen molar-refractivity contribution in [3.8, 4) is 0 Å². The van der Waals surface area contributed by atoms with Crippen LogP contribution in [0.25, 0.3) is 0 Å². The number of carbonyl (C=O) groups excluding carboxylic acids is 1. The highest BCUT2D eigenvalue weighted by molar-refractivity contribution is 7.99. The number of rotatable bonds is 22. The van der Waals surface area contributed by atoms with E-state index < -0.39 is 13.3 Å². The fourth-order valence-electron chi connectivity index (χ4n) is 4.79. The van der Waals surface area contributed by atoms with Gasteiger partial charge in [0.1, 0.15) is 0 Å². The Morgan fingerprint density at radius 3 is 2.37 bits per heavy atom. The Bertz CT molecular complexity index is 570. The van der Waals surface area contributed by atoms with Crippen molar-refractivity contribution in [2.75, 3.05) is 26.1 Å². The molecule has 0 aromatic rings. The molecule has 1 N–H and O–H groups in total. The van der Waals surface area contributed by atoms with E-state index in [2.05, 4.69) is 30.3 Å². The summed E-state index contributed by atoms with van der Waals surface area (Å²) < 4.78 is 26.8. The van der Waals surface area contributed by atoms with Crippen molar-refractivity contribution in [2.45, 2.75) is 134 Å². The molecule has 0 heterocycles. The van der Waals surface area contributed by atoms with Gasteiger partial charge >= 0.3 is 13.3 Å². The SMILES string of the molecule is CCCCCCC[C@@H](SCCCCCCC1CCCCC1)[C@H](C)OCCCOP(=O)(O)C(=O)OC. The highest BCUT2D eigenvalue weighted by Gasteiger charge is 2.31. The largest absolute Gasteiger partial charge is 0.460 e. The van der Waals surface area contributed by atoms with Gasteiger partial charge in [-0.1, -0.05) is 96.8 Å². The maximum atomic E-state index is 11.7. The molecule has 0 spiro atoms. The first kappa shape index (κ1) is 33.0. The van der Waals surface area contributed by atoms with Crippen molar-refractivity contribution in [3.63, 3.8) is 0 Å². The normalized spacial score (nSPS) is 18.2. The molecule has 0 radical (unpaired) electrons. The van der Waals surface area contributed by atoms with Crippen LogP contribution in [0.1, 0.15) is 123 Å². The van der Waals surface area contributed by atoms with Gasteiger partial charge in [0.05, 0.1) is 19.8 Å². The second kappa shape index (κ2) is 20.9. The molecule has 0 aromatic carbocycles. The molecule has 0 aliphatic heterocycles. The summed E-state index contributed by atoms with van der Waals surface area (Å²) in [4.78, 5) is 20.7. The average Bonchev–Trinajstić information content (AvgIpc) is 2.86. The van der Waals surface area contributed by atoms with Gasteiger partial charge in [-0.3, -0.25) is 0 Å². The molecule has 208 valence electrons. The highest BCUT2D eigenvalue weighted by atomic mass is 32.2. The molecule has 0 amide bonds. The Morgan fingerprint density at radius 1 is 0.971 bits per heavy atom. The lowest BCUT2D eigenvalue weighted by Gasteiger charge is -2.24. The van der Waals surface area contributed by atoms with Gasteiger partial charge < -0.3 is 18.9 Å². The molecule has 0 saturated heterocycles. The molecule has 6 nitrogen and oxygen atoms in total. The predicted molar refractivity (Wildman–Crippen MR) is 147 cm³/mol. The molecule has 0 bridgehead atoms. The molecule has 1 aliphatic carbocycles. The molecule has 1 aliphatic rings. The summed E-state index contributed by atoms with van der Waals surface area (Å²) in [7, 11) is -3.28. The van der Waals surface area contributed by atoms with Crippen molar-refractivity contribution in [1.82, 2.24) is 0 Å². The van der Waals surface area contributed by atoms with Gasteiger partial charge in [0.25, 0.3) is 0 Å². The first-order valence-electron chi connectivity index (χ1n) is 14.2. The number of carbonyl (C=O) groups is 1. The number of thioether (sulfide) groups is 1. The fraction of sp³-hybridized carbons (Fsp3) is 0.963. The van der Waals surface area contributed by atoms with E-state index in [1.165, 1.54) is 108 Å². The quantitative estimate of drug-likeness (QED) is 0.109. The summed E-state index contributed by atoms with van der Waals surface area (Å²) in [6.45, 7) is 4.82. The van der Waals surface area contributed by atoms with Crippen molar-refractivity contribution >= 4 is 25.1 Å². The zero-order chi connectivity index (χ0) is 25.8. The molecule has 0 aromatic heterocycles. The summed E-state index contributed by atoms with van der Waals surface area (Å²) in [5.41, 5.74) is -1.22. The molecule has 3 atom stereocenters. The van der Waals surface area contributed by atoms with Gasteiger partial charge in [0, 0.05) is 11.9 Å². The molecule has 1 rings (SSSR count).